The van der Waals surface area contributed by atoms with Crippen LogP contribution < -0.4 is 10.6 Å². The molecule has 0 saturated carbocycles. The van der Waals surface area contributed by atoms with E-state index < -0.39 is 0 Å². The molecule has 1 aromatic heterocycles. The van der Waals surface area contributed by atoms with Crippen LogP contribution in [0.2, 0.25) is 0 Å². The summed E-state index contributed by atoms with van der Waals surface area (Å²) in [4.78, 5) is 6.59. The van der Waals surface area contributed by atoms with Gasteiger partial charge in [-0.2, -0.15) is 0 Å². The molecule has 0 spiro atoms. The Morgan fingerprint density at radius 1 is 1.58 bits per heavy atom. The van der Waals surface area contributed by atoms with E-state index in [4.69, 9.17) is 15.9 Å². The number of aryl methyl sites for hydroxylation is 1. The second-order valence-corrected chi connectivity index (χ2v) is 4.68. The summed E-state index contributed by atoms with van der Waals surface area (Å²) in [7, 11) is 1.68. The number of ether oxygens (including phenoxy) is 1. The molecule has 0 aliphatic carbocycles. The monoisotopic (exact) mass is 264 g/mol. The third-order valence-corrected chi connectivity index (χ3v) is 3.34. The van der Waals surface area contributed by atoms with Gasteiger partial charge in [0.2, 0.25) is 0 Å². The van der Waals surface area contributed by atoms with Crippen molar-refractivity contribution in [3.8, 4) is 0 Å². The maximum Gasteiger partial charge on any atom is 0.140 e. The molecular weight excluding hydrogens is 240 g/mol. The van der Waals surface area contributed by atoms with Crippen molar-refractivity contribution >= 4 is 11.7 Å². The van der Waals surface area contributed by atoms with E-state index in [2.05, 4.69) is 23.7 Å². The molecule has 0 aliphatic heterocycles. The molecule has 5 heteroatoms. The number of nitrogens with two attached hydrogens (primary N) is 1. The zero-order valence-corrected chi connectivity index (χ0v) is 12.2. The number of amidine groups is 1. The van der Waals surface area contributed by atoms with E-state index >= 15 is 0 Å². The molecule has 5 nitrogen and oxygen atoms in total. The van der Waals surface area contributed by atoms with E-state index in [1.807, 2.05) is 13.0 Å². The number of pyridine rings is 1. The molecule has 0 aliphatic rings. The van der Waals surface area contributed by atoms with Crippen LogP contribution in [0.1, 0.15) is 31.4 Å². The quantitative estimate of drug-likeness (QED) is 0.583. The fourth-order valence-corrected chi connectivity index (χ4v) is 2.04. The Balaban J connectivity index is 3.21. The van der Waals surface area contributed by atoms with Gasteiger partial charge in [-0.1, -0.05) is 6.92 Å². The lowest BCUT2D eigenvalue weighted by Crippen LogP contribution is -2.38. The van der Waals surface area contributed by atoms with Gasteiger partial charge in [0.15, 0.2) is 0 Å². The summed E-state index contributed by atoms with van der Waals surface area (Å²) in [6.07, 6.45) is 2.76. The summed E-state index contributed by atoms with van der Waals surface area (Å²) in [6, 6.07) is 2.20. The molecule has 1 rings (SSSR count). The lowest BCUT2D eigenvalue weighted by Gasteiger charge is -2.31. The first-order valence-electron chi connectivity index (χ1n) is 6.58. The number of aromatic nitrogens is 1. The topological polar surface area (TPSA) is 75.2 Å². The highest BCUT2D eigenvalue weighted by atomic mass is 16.5. The largest absolute Gasteiger partial charge is 0.384 e. The lowest BCUT2D eigenvalue weighted by molar-refractivity contribution is 0.203. The van der Waals surface area contributed by atoms with Gasteiger partial charge >= 0.3 is 0 Å². The molecule has 1 aromatic rings. The minimum Gasteiger partial charge on any atom is -0.384 e. The Hall–Kier alpha value is -1.62. The van der Waals surface area contributed by atoms with Crippen LogP contribution in [0.25, 0.3) is 0 Å². The minimum absolute atomic E-state index is 0.0614. The Bertz CT molecular complexity index is 433. The first kappa shape index (κ1) is 15.4. The molecule has 1 atom stereocenters. The summed E-state index contributed by atoms with van der Waals surface area (Å²) in [5.41, 5.74) is 7.41. The van der Waals surface area contributed by atoms with Gasteiger partial charge in [0, 0.05) is 25.9 Å². The van der Waals surface area contributed by atoms with Crippen molar-refractivity contribution in [3.63, 3.8) is 0 Å². The summed E-state index contributed by atoms with van der Waals surface area (Å²) < 4.78 is 5.16. The standard InChI is InChI=1S/C14H24N4O/c1-5-11(3)18(8-9-19-4)14-12(13(15)16)10(2)6-7-17-14/h6-7,11H,5,8-9H2,1-4H3,(H3,15,16). The third kappa shape index (κ3) is 3.67. The number of hydrogen-bond donors (Lipinski definition) is 2. The van der Waals surface area contributed by atoms with Gasteiger partial charge in [-0.15, -0.1) is 0 Å². The zero-order chi connectivity index (χ0) is 14.4. The Labute approximate surface area is 115 Å². The summed E-state index contributed by atoms with van der Waals surface area (Å²) in [6.45, 7) is 7.59. The van der Waals surface area contributed by atoms with Crippen LogP contribution in [0.3, 0.4) is 0 Å². The van der Waals surface area contributed by atoms with E-state index in [0.29, 0.717) is 12.6 Å². The number of methoxy groups -OCH3 is 1. The van der Waals surface area contributed by atoms with Gasteiger partial charge in [-0.3, -0.25) is 5.41 Å². The normalized spacial score (nSPS) is 12.2. The highest BCUT2D eigenvalue weighted by molar-refractivity contribution is 6.01. The molecule has 1 heterocycles. The molecule has 0 amide bonds. The average Bonchev–Trinajstić information content (AvgIpc) is 2.38. The summed E-state index contributed by atoms with van der Waals surface area (Å²) in [5, 5.41) is 7.77. The Kier molecular flexibility index (Phi) is 5.76. The maximum absolute atomic E-state index is 7.77. The SMILES string of the molecule is CCC(C)N(CCOC)c1nccc(C)c1C(=N)N. The first-order valence-corrected chi connectivity index (χ1v) is 6.58. The van der Waals surface area contributed by atoms with Crippen LogP contribution in [0.15, 0.2) is 12.3 Å². The second kappa shape index (κ2) is 7.09. The minimum atomic E-state index is 0.0614. The van der Waals surface area contributed by atoms with Gasteiger partial charge < -0.3 is 15.4 Å². The number of nitrogen functional groups attached to an aromatic ring is 1. The van der Waals surface area contributed by atoms with Crippen LogP contribution in [0.5, 0.6) is 0 Å². The molecule has 0 bridgehead atoms. The van der Waals surface area contributed by atoms with Crippen LogP contribution in [0, 0.1) is 12.3 Å². The predicted molar refractivity (Wildman–Crippen MR) is 79.0 cm³/mol. The van der Waals surface area contributed by atoms with Crippen LogP contribution in [-0.2, 0) is 4.74 Å². The molecule has 0 saturated heterocycles. The lowest BCUT2D eigenvalue weighted by atomic mass is 10.1. The summed E-state index contributed by atoms with van der Waals surface area (Å²) in [5.74, 6) is 0.838. The number of anilines is 1. The Morgan fingerprint density at radius 3 is 2.79 bits per heavy atom. The molecule has 0 aromatic carbocycles. The van der Waals surface area contributed by atoms with E-state index in [-0.39, 0.29) is 5.84 Å². The third-order valence-electron chi connectivity index (χ3n) is 3.34. The van der Waals surface area contributed by atoms with Crippen molar-refractivity contribution in [1.29, 1.82) is 5.41 Å². The fraction of sp³-hybridized carbons (Fsp3) is 0.571. The summed E-state index contributed by atoms with van der Waals surface area (Å²) >= 11 is 0. The maximum atomic E-state index is 7.77. The predicted octanol–water partition coefficient (Wildman–Crippen LogP) is 1.93. The Morgan fingerprint density at radius 2 is 2.26 bits per heavy atom. The number of nitrogens with zero attached hydrogens (tertiary/aromatic N) is 2. The van der Waals surface area contributed by atoms with E-state index in [0.717, 1.165) is 29.9 Å². The van der Waals surface area contributed by atoms with Crippen molar-refractivity contribution in [2.24, 2.45) is 5.73 Å². The zero-order valence-electron chi connectivity index (χ0n) is 12.2. The smallest absolute Gasteiger partial charge is 0.140 e. The first-order chi connectivity index (χ1) is 9.02. The van der Waals surface area contributed by atoms with Crippen LogP contribution in [0.4, 0.5) is 5.82 Å². The van der Waals surface area contributed by atoms with E-state index in [1.165, 1.54) is 0 Å². The van der Waals surface area contributed by atoms with Crippen LogP contribution in [-0.4, -0.2) is 37.1 Å². The van der Waals surface area contributed by atoms with Crippen molar-refractivity contribution in [3.05, 3.63) is 23.4 Å². The van der Waals surface area contributed by atoms with Crippen LogP contribution >= 0.6 is 0 Å². The highest BCUT2D eigenvalue weighted by Gasteiger charge is 2.20. The number of rotatable bonds is 7. The number of hydrogen-bond acceptors (Lipinski definition) is 4. The number of nitrogens with one attached hydrogen (secondary N) is 1. The van der Waals surface area contributed by atoms with Crippen molar-refractivity contribution in [2.45, 2.75) is 33.2 Å². The molecule has 0 radical (unpaired) electrons. The molecule has 19 heavy (non-hydrogen) atoms. The van der Waals surface area contributed by atoms with E-state index in [9.17, 15) is 0 Å². The van der Waals surface area contributed by atoms with Gasteiger partial charge in [-0.25, -0.2) is 4.98 Å². The molecular formula is C14H24N4O. The van der Waals surface area contributed by atoms with Crippen molar-refractivity contribution in [1.82, 2.24) is 4.98 Å². The molecule has 106 valence electrons. The molecule has 3 N–H and O–H groups in total. The highest BCUT2D eigenvalue weighted by Crippen LogP contribution is 2.23. The van der Waals surface area contributed by atoms with Gasteiger partial charge in [0.25, 0.3) is 0 Å². The van der Waals surface area contributed by atoms with Gasteiger partial charge in [-0.05, 0) is 31.9 Å². The van der Waals surface area contributed by atoms with Gasteiger partial charge in [0.1, 0.15) is 11.7 Å². The molecule has 0 fully saturated rings. The van der Waals surface area contributed by atoms with Gasteiger partial charge in [0.05, 0.1) is 12.2 Å². The second-order valence-electron chi connectivity index (χ2n) is 4.68. The van der Waals surface area contributed by atoms with E-state index in [1.54, 1.807) is 13.3 Å². The van der Waals surface area contributed by atoms with Crippen molar-refractivity contribution in [2.75, 3.05) is 25.2 Å². The van der Waals surface area contributed by atoms with Crippen molar-refractivity contribution < 1.29 is 4.74 Å². The fourth-order valence-electron chi connectivity index (χ4n) is 2.04. The average molecular weight is 264 g/mol. The molecule has 1 unspecified atom stereocenters.